The second kappa shape index (κ2) is 5.05. The van der Waals surface area contributed by atoms with E-state index in [-0.39, 0.29) is 10.7 Å². The van der Waals surface area contributed by atoms with Gasteiger partial charge in [0.1, 0.15) is 6.33 Å². The van der Waals surface area contributed by atoms with Gasteiger partial charge in [-0.3, -0.25) is 4.79 Å². The summed E-state index contributed by atoms with van der Waals surface area (Å²) in [6, 6.07) is 0. The van der Waals surface area contributed by atoms with Crippen molar-refractivity contribution in [2.75, 3.05) is 13.6 Å². The van der Waals surface area contributed by atoms with E-state index in [1.165, 1.54) is 18.7 Å². The SMILES string of the molecule is CC(Br)CN(C)C(=O)c1cncnc1. The Balaban J connectivity index is 2.66. The predicted molar refractivity (Wildman–Crippen MR) is 57.4 cm³/mol. The third-order valence-corrected chi connectivity index (χ3v) is 1.97. The highest BCUT2D eigenvalue weighted by atomic mass is 79.9. The standard InChI is InChI=1S/C9H12BrN3O/c1-7(10)5-13(2)9(14)8-3-11-6-12-4-8/h3-4,6-7H,5H2,1-2H3. The van der Waals surface area contributed by atoms with Crippen molar-refractivity contribution in [1.82, 2.24) is 14.9 Å². The van der Waals surface area contributed by atoms with Crippen LogP contribution in [0.2, 0.25) is 0 Å². The van der Waals surface area contributed by atoms with Gasteiger partial charge in [-0.1, -0.05) is 22.9 Å². The number of carbonyl (C=O) groups excluding carboxylic acids is 1. The molecule has 14 heavy (non-hydrogen) atoms. The molecule has 0 N–H and O–H groups in total. The molecule has 0 saturated carbocycles. The van der Waals surface area contributed by atoms with Gasteiger partial charge in [-0.25, -0.2) is 9.97 Å². The molecule has 1 aromatic heterocycles. The smallest absolute Gasteiger partial charge is 0.256 e. The fraction of sp³-hybridized carbons (Fsp3) is 0.444. The first-order valence-corrected chi connectivity index (χ1v) is 5.17. The minimum atomic E-state index is -0.0584. The normalized spacial score (nSPS) is 12.2. The van der Waals surface area contributed by atoms with Gasteiger partial charge in [-0.15, -0.1) is 0 Å². The zero-order valence-electron chi connectivity index (χ0n) is 8.14. The molecule has 76 valence electrons. The number of hydrogen-bond acceptors (Lipinski definition) is 3. The number of rotatable bonds is 3. The molecule has 0 aliphatic heterocycles. The van der Waals surface area contributed by atoms with Crippen molar-refractivity contribution in [2.24, 2.45) is 0 Å². The summed E-state index contributed by atoms with van der Waals surface area (Å²) < 4.78 is 0. The van der Waals surface area contributed by atoms with Crippen LogP contribution in [0.1, 0.15) is 17.3 Å². The van der Waals surface area contributed by atoms with E-state index in [1.54, 1.807) is 11.9 Å². The summed E-state index contributed by atoms with van der Waals surface area (Å²) in [5.74, 6) is -0.0584. The van der Waals surface area contributed by atoms with Crippen molar-refractivity contribution in [1.29, 1.82) is 0 Å². The maximum absolute atomic E-state index is 11.7. The molecule has 5 heteroatoms. The lowest BCUT2D eigenvalue weighted by Gasteiger charge is -2.17. The number of halogens is 1. The Kier molecular flexibility index (Phi) is 4.00. The average Bonchev–Trinajstić information content (AvgIpc) is 2.17. The lowest BCUT2D eigenvalue weighted by Crippen LogP contribution is -2.31. The molecule has 1 aromatic rings. The molecule has 1 amide bonds. The molecule has 1 atom stereocenters. The highest BCUT2D eigenvalue weighted by molar-refractivity contribution is 9.09. The molecule has 1 rings (SSSR count). The van der Waals surface area contributed by atoms with Gasteiger partial charge < -0.3 is 4.90 Å². The van der Waals surface area contributed by atoms with Crippen LogP contribution in [0.4, 0.5) is 0 Å². The number of nitrogens with zero attached hydrogens (tertiary/aromatic N) is 3. The van der Waals surface area contributed by atoms with Gasteiger partial charge in [0, 0.05) is 30.8 Å². The number of aromatic nitrogens is 2. The van der Waals surface area contributed by atoms with Crippen LogP contribution in [0.25, 0.3) is 0 Å². The summed E-state index contributed by atoms with van der Waals surface area (Å²) in [5, 5.41) is 0. The second-order valence-electron chi connectivity index (χ2n) is 3.09. The lowest BCUT2D eigenvalue weighted by atomic mass is 10.3. The molecule has 0 fully saturated rings. The molecule has 4 nitrogen and oxygen atoms in total. The summed E-state index contributed by atoms with van der Waals surface area (Å²) in [6.45, 7) is 2.65. The molecule has 0 aliphatic carbocycles. The van der Waals surface area contributed by atoms with Gasteiger partial charge in [0.2, 0.25) is 0 Å². The van der Waals surface area contributed by atoms with Crippen molar-refractivity contribution < 1.29 is 4.79 Å². The van der Waals surface area contributed by atoms with Gasteiger partial charge in [0.05, 0.1) is 5.56 Å². The number of carbonyl (C=O) groups is 1. The van der Waals surface area contributed by atoms with E-state index in [4.69, 9.17) is 0 Å². The van der Waals surface area contributed by atoms with Crippen LogP contribution >= 0.6 is 15.9 Å². The number of hydrogen-bond donors (Lipinski definition) is 0. The first-order chi connectivity index (χ1) is 6.61. The predicted octanol–water partition coefficient (Wildman–Crippen LogP) is 1.33. The van der Waals surface area contributed by atoms with Crippen molar-refractivity contribution in [3.05, 3.63) is 24.3 Å². The third kappa shape index (κ3) is 3.06. The summed E-state index contributed by atoms with van der Waals surface area (Å²) >= 11 is 3.39. The van der Waals surface area contributed by atoms with E-state index < -0.39 is 0 Å². The lowest BCUT2D eigenvalue weighted by molar-refractivity contribution is 0.0796. The van der Waals surface area contributed by atoms with Gasteiger partial charge in [0.25, 0.3) is 5.91 Å². The van der Waals surface area contributed by atoms with Crippen LogP contribution in [0.15, 0.2) is 18.7 Å². The minimum Gasteiger partial charge on any atom is -0.341 e. The molecular weight excluding hydrogens is 246 g/mol. The molecule has 0 spiro atoms. The molecule has 0 aromatic carbocycles. The second-order valence-corrected chi connectivity index (χ2v) is 4.66. The minimum absolute atomic E-state index is 0.0584. The summed E-state index contributed by atoms with van der Waals surface area (Å²) in [4.78, 5) is 21.2. The first-order valence-electron chi connectivity index (χ1n) is 4.26. The van der Waals surface area contributed by atoms with Gasteiger partial charge >= 0.3 is 0 Å². The van der Waals surface area contributed by atoms with Crippen molar-refractivity contribution >= 4 is 21.8 Å². The summed E-state index contributed by atoms with van der Waals surface area (Å²) in [7, 11) is 1.76. The van der Waals surface area contributed by atoms with Crippen LogP contribution in [0, 0.1) is 0 Å². The summed E-state index contributed by atoms with van der Waals surface area (Å²) in [5.41, 5.74) is 0.517. The zero-order chi connectivity index (χ0) is 10.6. The Morgan fingerprint density at radius 1 is 1.57 bits per heavy atom. The summed E-state index contributed by atoms with van der Waals surface area (Å²) in [6.07, 6.45) is 4.44. The van der Waals surface area contributed by atoms with E-state index in [2.05, 4.69) is 25.9 Å². The largest absolute Gasteiger partial charge is 0.341 e. The van der Waals surface area contributed by atoms with Crippen molar-refractivity contribution in [3.63, 3.8) is 0 Å². The van der Waals surface area contributed by atoms with Crippen LogP contribution in [0.3, 0.4) is 0 Å². The van der Waals surface area contributed by atoms with Crippen molar-refractivity contribution in [3.8, 4) is 0 Å². The van der Waals surface area contributed by atoms with E-state index in [1.807, 2.05) is 6.92 Å². The van der Waals surface area contributed by atoms with E-state index >= 15 is 0 Å². The third-order valence-electron chi connectivity index (χ3n) is 1.68. The molecule has 0 saturated heterocycles. The van der Waals surface area contributed by atoms with Crippen LogP contribution in [-0.2, 0) is 0 Å². The Morgan fingerprint density at radius 3 is 2.64 bits per heavy atom. The van der Waals surface area contributed by atoms with Gasteiger partial charge in [-0.2, -0.15) is 0 Å². The highest BCUT2D eigenvalue weighted by Crippen LogP contribution is 2.04. The monoisotopic (exact) mass is 257 g/mol. The Hall–Kier alpha value is -0.970. The zero-order valence-corrected chi connectivity index (χ0v) is 9.73. The highest BCUT2D eigenvalue weighted by Gasteiger charge is 2.13. The fourth-order valence-corrected chi connectivity index (χ4v) is 1.52. The Morgan fingerprint density at radius 2 is 2.14 bits per heavy atom. The van der Waals surface area contributed by atoms with E-state index in [0.717, 1.165) is 0 Å². The van der Waals surface area contributed by atoms with Gasteiger partial charge in [-0.05, 0) is 0 Å². The molecule has 0 bridgehead atoms. The molecular formula is C9H12BrN3O. The van der Waals surface area contributed by atoms with Crippen molar-refractivity contribution in [2.45, 2.75) is 11.8 Å². The quantitative estimate of drug-likeness (QED) is 0.768. The first kappa shape index (κ1) is 11.1. The maximum atomic E-state index is 11.7. The van der Waals surface area contributed by atoms with E-state index in [0.29, 0.717) is 12.1 Å². The number of alkyl halides is 1. The van der Waals surface area contributed by atoms with E-state index in [9.17, 15) is 4.79 Å². The van der Waals surface area contributed by atoms with Crippen LogP contribution in [-0.4, -0.2) is 39.2 Å². The van der Waals surface area contributed by atoms with Crippen LogP contribution in [0.5, 0.6) is 0 Å². The van der Waals surface area contributed by atoms with Gasteiger partial charge in [0.15, 0.2) is 0 Å². The van der Waals surface area contributed by atoms with Crippen LogP contribution < -0.4 is 0 Å². The maximum Gasteiger partial charge on any atom is 0.256 e. The number of amides is 1. The fourth-order valence-electron chi connectivity index (χ4n) is 1.09. The molecule has 0 radical (unpaired) electrons. The Bertz CT molecular complexity index is 302. The molecule has 1 heterocycles. The Labute approximate surface area is 91.5 Å². The molecule has 1 unspecified atom stereocenters. The average molecular weight is 258 g/mol. The topological polar surface area (TPSA) is 46.1 Å². The molecule has 0 aliphatic rings.